The highest BCUT2D eigenvalue weighted by Crippen LogP contribution is 2.24. The molecule has 5 heteroatoms. The molecule has 22 heavy (non-hydrogen) atoms. The smallest absolute Gasteiger partial charge is 0.237 e. The zero-order chi connectivity index (χ0) is 15.5. The van der Waals surface area contributed by atoms with Crippen LogP contribution in [0.1, 0.15) is 12.5 Å². The van der Waals surface area contributed by atoms with Gasteiger partial charge in [-0.1, -0.05) is 36.0 Å². The van der Waals surface area contributed by atoms with Gasteiger partial charge in [-0.15, -0.1) is 0 Å². The van der Waals surface area contributed by atoms with Crippen molar-refractivity contribution in [3.05, 3.63) is 54.1 Å². The van der Waals surface area contributed by atoms with Crippen LogP contribution in [0, 0.1) is 6.92 Å². The van der Waals surface area contributed by atoms with Gasteiger partial charge in [0.2, 0.25) is 5.91 Å². The van der Waals surface area contributed by atoms with E-state index in [2.05, 4.69) is 15.3 Å². The molecule has 2 aromatic carbocycles. The Morgan fingerprint density at radius 2 is 2.05 bits per heavy atom. The topological polar surface area (TPSA) is 57.8 Å². The fraction of sp³-hybridized carbons (Fsp3) is 0.176. The molecule has 0 fully saturated rings. The second-order valence-corrected chi connectivity index (χ2v) is 6.51. The summed E-state index contributed by atoms with van der Waals surface area (Å²) in [7, 11) is 0. The van der Waals surface area contributed by atoms with Crippen molar-refractivity contribution in [1.29, 1.82) is 0 Å². The Balaban J connectivity index is 1.68. The number of nitrogens with one attached hydrogen (secondary N) is 2. The molecule has 0 radical (unpaired) electrons. The number of H-pyrrole nitrogens is 1. The van der Waals surface area contributed by atoms with Gasteiger partial charge in [0, 0.05) is 5.69 Å². The number of carbonyl (C=O) groups excluding carboxylic acids is 1. The molecule has 3 aromatic rings. The maximum Gasteiger partial charge on any atom is 0.237 e. The van der Waals surface area contributed by atoms with Crippen LogP contribution in [0.4, 0.5) is 5.69 Å². The number of para-hydroxylation sites is 2. The van der Waals surface area contributed by atoms with E-state index >= 15 is 0 Å². The van der Waals surface area contributed by atoms with E-state index in [1.165, 1.54) is 11.8 Å². The monoisotopic (exact) mass is 311 g/mol. The Morgan fingerprint density at radius 1 is 1.23 bits per heavy atom. The molecule has 0 aliphatic rings. The van der Waals surface area contributed by atoms with Crippen molar-refractivity contribution < 1.29 is 4.79 Å². The quantitative estimate of drug-likeness (QED) is 0.716. The van der Waals surface area contributed by atoms with Crippen molar-refractivity contribution in [2.24, 2.45) is 0 Å². The predicted molar refractivity (Wildman–Crippen MR) is 91.2 cm³/mol. The van der Waals surface area contributed by atoms with E-state index in [0.717, 1.165) is 27.4 Å². The normalized spacial score (nSPS) is 12.3. The van der Waals surface area contributed by atoms with E-state index in [4.69, 9.17) is 0 Å². The first-order valence-corrected chi connectivity index (χ1v) is 7.99. The number of aryl methyl sites for hydroxylation is 1. The Hall–Kier alpha value is -2.27. The fourth-order valence-electron chi connectivity index (χ4n) is 2.17. The van der Waals surface area contributed by atoms with Crippen LogP contribution in [0.15, 0.2) is 53.7 Å². The van der Waals surface area contributed by atoms with Gasteiger partial charge in [-0.3, -0.25) is 4.79 Å². The predicted octanol–water partition coefficient (Wildman–Crippen LogP) is 3.99. The number of imidazole rings is 1. The maximum absolute atomic E-state index is 12.3. The molecule has 0 saturated carbocycles. The van der Waals surface area contributed by atoms with E-state index in [0.29, 0.717) is 0 Å². The molecule has 0 bridgehead atoms. The number of aromatic nitrogens is 2. The van der Waals surface area contributed by atoms with Crippen molar-refractivity contribution in [3.8, 4) is 0 Å². The average Bonchev–Trinajstić information content (AvgIpc) is 2.89. The van der Waals surface area contributed by atoms with Gasteiger partial charge >= 0.3 is 0 Å². The molecule has 3 rings (SSSR count). The number of carbonyl (C=O) groups is 1. The van der Waals surface area contributed by atoms with Gasteiger partial charge in [-0.05, 0) is 43.7 Å². The minimum Gasteiger partial charge on any atom is -0.333 e. The molecular weight excluding hydrogens is 294 g/mol. The summed E-state index contributed by atoms with van der Waals surface area (Å²) in [6, 6.07) is 15.6. The molecule has 1 amide bonds. The summed E-state index contributed by atoms with van der Waals surface area (Å²) in [5, 5.41) is 3.46. The number of nitrogens with zero attached hydrogens (tertiary/aromatic N) is 1. The summed E-state index contributed by atoms with van der Waals surface area (Å²) in [5.41, 5.74) is 3.84. The standard InChI is InChI=1S/C17H17N3OS/c1-11-6-5-7-13(10-11)18-16(21)12(2)22-17-19-14-8-3-4-9-15(14)20-17/h3-10,12H,1-2H3,(H,18,21)(H,19,20). The fourth-order valence-corrected chi connectivity index (χ4v) is 2.99. The van der Waals surface area contributed by atoms with Crippen LogP contribution in [0.25, 0.3) is 11.0 Å². The zero-order valence-electron chi connectivity index (χ0n) is 12.5. The van der Waals surface area contributed by atoms with Gasteiger partial charge in [-0.25, -0.2) is 4.98 Å². The molecule has 112 valence electrons. The molecule has 2 N–H and O–H groups in total. The molecular formula is C17H17N3OS. The first kappa shape index (κ1) is 14.7. The number of rotatable bonds is 4. The molecule has 1 aromatic heterocycles. The van der Waals surface area contributed by atoms with Crippen molar-refractivity contribution in [1.82, 2.24) is 9.97 Å². The van der Waals surface area contributed by atoms with Crippen LogP contribution in [0.5, 0.6) is 0 Å². The molecule has 1 atom stereocenters. The second kappa shape index (κ2) is 6.23. The summed E-state index contributed by atoms with van der Waals surface area (Å²) in [5.74, 6) is -0.0314. The number of hydrogen-bond donors (Lipinski definition) is 2. The van der Waals surface area contributed by atoms with Crippen molar-refractivity contribution >= 4 is 34.4 Å². The number of thioether (sulfide) groups is 1. The van der Waals surface area contributed by atoms with Crippen molar-refractivity contribution in [3.63, 3.8) is 0 Å². The highest BCUT2D eigenvalue weighted by Gasteiger charge is 2.16. The van der Waals surface area contributed by atoms with E-state index in [1.54, 1.807) is 0 Å². The number of hydrogen-bond acceptors (Lipinski definition) is 3. The molecule has 0 aliphatic carbocycles. The Labute approximate surface area is 133 Å². The first-order chi connectivity index (χ1) is 10.6. The highest BCUT2D eigenvalue weighted by molar-refractivity contribution is 8.00. The minimum absolute atomic E-state index is 0.0314. The van der Waals surface area contributed by atoms with Gasteiger partial charge in [0.1, 0.15) is 0 Å². The largest absolute Gasteiger partial charge is 0.333 e. The SMILES string of the molecule is Cc1cccc(NC(=O)C(C)Sc2nc3ccccc3[nH]2)c1. The third-order valence-corrected chi connectivity index (χ3v) is 4.30. The Bertz CT molecular complexity index is 779. The van der Waals surface area contributed by atoms with Crippen LogP contribution < -0.4 is 5.32 Å². The second-order valence-electron chi connectivity index (χ2n) is 5.18. The van der Waals surface area contributed by atoms with E-state index in [1.807, 2.05) is 62.4 Å². The molecule has 4 nitrogen and oxygen atoms in total. The third-order valence-electron chi connectivity index (χ3n) is 3.31. The van der Waals surface area contributed by atoms with E-state index < -0.39 is 0 Å². The third kappa shape index (κ3) is 3.31. The van der Waals surface area contributed by atoms with Gasteiger partial charge in [0.15, 0.2) is 5.16 Å². The Kier molecular flexibility index (Phi) is 4.15. The van der Waals surface area contributed by atoms with Gasteiger partial charge in [0.05, 0.1) is 16.3 Å². The van der Waals surface area contributed by atoms with E-state index in [-0.39, 0.29) is 11.2 Å². The summed E-state index contributed by atoms with van der Waals surface area (Å²) in [6.45, 7) is 3.88. The van der Waals surface area contributed by atoms with Crippen molar-refractivity contribution in [2.75, 3.05) is 5.32 Å². The number of aromatic amines is 1. The summed E-state index contributed by atoms with van der Waals surface area (Å²) >= 11 is 1.42. The number of anilines is 1. The maximum atomic E-state index is 12.3. The van der Waals surface area contributed by atoms with Crippen LogP contribution >= 0.6 is 11.8 Å². The zero-order valence-corrected chi connectivity index (χ0v) is 13.3. The molecule has 0 aliphatic heterocycles. The van der Waals surface area contributed by atoms with Crippen molar-refractivity contribution in [2.45, 2.75) is 24.3 Å². The van der Waals surface area contributed by atoms with Crippen LogP contribution in [-0.2, 0) is 4.79 Å². The Morgan fingerprint density at radius 3 is 2.82 bits per heavy atom. The summed E-state index contributed by atoms with van der Waals surface area (Å²) < 4.78 is 0. The van der Waals surface area contributed by atoms with E-state index in [9.17, 15) is 4.79 Å². The van der Waals surface area contributed by atoms with Gasteiger partial charge in [0.25, 0.3) is 0 Å². The lowest BCUT2D eigenvalue weighted by Crippen LogP contribution is -2.22. The lowest BCUT2D eigenvalue weighted by atomic mass is 10.2. The van der Waals surface area contributed by atoms with Crippen LogP contribution in [0.3, 0.4) is 0 Å². The average molecular weight is 311 g/mol. The van der Waals surface area contributed by atoms with Gasteiger partial charge < -0.3 is 10.3 Å². The molecule has 0 saturated heterocycles. The summed E-state index contributed by atoms with van der Waals surface area (Å²) in [4.78, 5) is 20.0. The number of amides is 1. The molecule has 1 heterocycles. The van der Waals surface area contributed by atoms with Crippen LogP contribution in [0.2, 0.25) is 0 Å². The van der Waals surface area contributed by atoms with Gasteiger partial charge in [-0.2, -0.15) is 0 Å². The van der Waals surface area contributed by atoms with Crippen LogP contribution in [-0.4, -0.2) is 21.1 Å². The lowest BCUT2D eigenvalue weighted by molar-refractivity contribution is -0.115. The number of benzene rings is 2. The summed E-state index contributed by atoms with van der Waals surface area (Å²) in [6.07, 6.45) is 0. The number of fused-ring (bicyclic) bond motifs is 1. The highest BCUT2D eigenvalue weighted by atomic mass is 32.2. The minimum atomic E-state index is -0.235. The molecule has 0 spiro atoms. The first-order valence-electron chi connectivity index (χ1n) is 7.11. The molecule has 1 unspecified atom stereocenters. The lowest BCUT2D eigenvalue weighted by Gasteiger charge is -2.10.